The summed E-state index contributed by atoms with van der Waals surface area (Å²) >= 11 is 1.70. The van der Waals surface area contributed by atoms with Crippen LogP contribution in [0.3, 0.4) is 0 Å². The molecule has 202 valence electrons. The van der Waals surface area contributed by atoms with E-state index in [0.29, 0.717) is 6.54 Å². The number of fused-ring (bicyclic) bond motifs is 1. The lowest BCUT2D eigenvalue weighted by atomic mass is 10.0. The van der Waals surface area contributed by atoms with Gasteiger partial charge in [0.15, 0.2) is 0 Å². The van der Waals surface area contributed by atoms with Crippen LogP contribution in [0.25, 0.3) is 10.8 Å². The molecule has 4 aromatic carbocycles. The van der Waals surface area contributed by atoms with E-state index in [9.17, 15) is 19.5 Å². The highest BCUT2D eigenvalue weighted by Crippen LogP contribution is 2.25. The Hall–Kier alpha value is -4.63. The average molecular weight is 553 g/mol. The van der Waals surface area contributed by atoms with Crippen LogP contribution in [0.5, 0.6) is 0 Å². The third kappa shape index (κ3) is 6.32. The molecule has 1 heterocycles. The lowest BCUT2D eigenvalue weighted by molar-refractivity contribution is -0.137. The second-order valence-electron chi connectivity index (χ2n) is 9.32. The maximum absolute atomic E-state index is 12.2. The molecular weight excluding hydrogens is 524 g/mol. The largest absolute Gasteiger partial charge is 0.480 e. The maximum atomic E-state index is 12.2. The molecule has 0 radical (unpaired) electrons. The van der Waals surface area contributed by atoms with E-state index in [1.807, 2.05) is 72.8 Å². The Kier molecular flexibility index (Phi) is 8.41. The fourth-order valence-electron chi connectivity index (χ4n) is 4.40. The standard InChI is InChI=1S/C31H28N4O4S/c36-28-26(32-16-17-40-19-21-6-2-1-3-7-21)27(29(28)37)35-25(31(38)39)18-20-10-12-23(13-11-20)34-30-24-9-5-4-8-22(24)14-15-33-30/h1-15,25,32,35H,16-19H2,(H,33,34)(H,38,39). The zero-order valence-electron chi connectivity index (χ0n) is 21.6. The van der Waals surface area contributed by atoms with E-state index in [4.69, 9.17) is 0 Å². The predicted molar refractivity (Wildman–Crippen MR) is 163 cm³/mol. The maximum Gasteiger partial charge on any atom is 0.326 e. The summed E-state index contributed by atoms with van der Waals surface area (Å²) in [6.07, 6.45) is 1.88. The smallest absolute Gasteiger partial charge is 0.326 e. The van der Waals surface area contributed by atoms with Crippen molar-refractivity contribution in [2.45, 2.75) is 18.2 Å². The van der Waals surface area contributed by atoms with Crippen LogP contribution in [0.2, 0.25) is 0 Å². The molecule has 5 rings (SSSR count). The summed E-state index contributed by atoms with van der Waals surface area (Å²) in [5.74, 6) is 1.19. The van der Waals surface area contributed by atoms with Gasteiger partial charge in [0, 0.05) is 41.7 Å². The van der Waals surface area contributed by atoms with Crippen LogP contribution in [0, 0.1) is 0 Å². The van der Waals surface area contributed by atoms with Crippen LogP contribution in [-0.2, 0) is 17.0 Å². The van der Waals surface area contributed by atoms with Gasteiger partial charge in [-0.05, 0) is 34.7 Å². The second kappa shape index (κ2) is 12.5. The van der Waals surface area contributed by atoms with Crippen molar-refractivity contribution in [3.05, 3.63) is 123 Å². The van der Waals surface area contributed by atoms with E-state index in [0.717, 1.165) is 39.3 Å². The van der Waals surface area contributed by atoms with Crippen molar-refractivity contribution in [2.75, 3.05) is 28.2 Å². The van der Waals surface area contributed by atoms with Crippen LogP contribution >= 0.6 is 11.8 Å². The normalized spacial score (nSPS) is 11.8. The number of carboxylic acid groups (broad SMARTS) is 1. The Balaban J connectivity index is 1.18. The summed E-state index contributed by atoms with van der Waals surface area (Å²) in [4.78, 5) is 40.9. The second-order valence-corrected chi connectivity index (χ2v) is 10.4. The molecule has 0 saturated heterocycles. The number of nitrogens with zero attached hydrogens (tertiary/aromatic N) is 1. The molecule has 0 aliphatic carbocycles. The molecule has 40 heavy (non-hydrogen) atoms. The van der Waals surface area contributed by atoms with Crippen molar-refractivity contribution in [2.24, 2.45) is 0 Å². The van der Waals surface area contributed by atoms with Gasteiger partial charge in [-0.1, -0.05) is 66.7 Å². The minimum Gasteiger partial charge on any atom is -0.480 e. The van der Waals surface area contributed by atoms with E-state index in [1.54, 1.807) is 18.0 Å². The number of hydrogen-bond acceptors (Lipinski definition) is 8. The minimum atomic E-state index is -1.11. The molecule has 1 atom stereocenters. The number of aromatic nitrogens is 1. The summed E-state index contributed by atoms with van der Waals surface area (Å²) in [5, 5.41) is 21.0. The lowest BCUT2D eigenvalue weighted by Gasteiger charge is -2.20. The van der Waals surface area contributed by atoms with Gasteiger partial charge in [-0.25, -0.2) is 9.78 Å². The van der Waals surface area contributed by atoms with Gasteiger partial charge >= 0.3 is 5.97 Å². The molecule has 0 spiro atoms. The molecule has 1 unspecified atom stereocenters. The van der Waals surface area contributed by atoms with Gasteiger partial charge in [-0.2, -0.15) is 11.8 Å². The number of carboxylic acids is 1. The number of carbonyl (C=O) groups is 1. The Labute approximate surface area is 235 Å². The first-order valence-electron chi connectivity index (χ1n) is 12.9. The van der Waals surface area contributed by atoms with Crippen molar-refractivity contribution in [1.29, 1.82) is 0 Å². The van der Waals surface area contributed by atoms with Crippen molar-refractivity contribution in [3.8, 4) is 0 Å². The van der Waals surface area contributed by atoms with E-state index in [1.165, 1.54) is 5.56 Å². The van der Waals surface area contributed by atoms with Gasteiger partial charge in [0.1, 0.15) is 23.2 Å². The van der Waals surface area contributed by atoms with Crippen molar-refractivity contribution in [1.82, 2.24) is 4.98 Å². The topological polar surface area (TPSA) is 120 Å². The van der Waals surface area contributed by atoms with E-state index < -0.39 is 22.9 Å². The number of pyridine rings is 1. The Morgan fingerprint density at radius 1 is 0.850 bits per heavy atom. The number of hydrogen-bond donors (Lipinski definition) is 4. The molecule has 0 saturated carbocycles. The summed E-state index contributed by atoms with van der Waals surface area (Å²) in [6.45, 7) is 0.481. The molecular formula is C31H28N4O4S. The number of aliphatic carboxylic acids is 1. The molecule has 9 heteroatoms. The third-order valence-electron chi connectivity index (χ3n) is 6.52. The molecule has 1 aromatic heterocycles. The molecule has 0 fully saturated rings. The SMILES string of the molecule is O=C(O)C(Cc1ccc(Nc2nccc3ccccc23)cc1)Nc1c(NCCSCc2ccccc2)c(=O)c1=O. The monoisotopic (exact) mass is 552 g/mol. The summed E-state index contributed by atoms with van der Waals surface area (Å²) in [5.41, 5.74) is 1.64. The van der Waals surface area contributed by atoms with Gasteiger partial charge < -0.3 is 21.1 Å². The van der Waals surface area contributed by atoms with Gasteiger partial charge in [-0.3, -0.25) is 9.59 Å². The fraction of sp³-hybridized carbons (Fsp3) is 0.161. The Morgan fingerprint density at radius 3 is 2.35 bits per heavy atom. The zero-order chi connectivity index (χ0) is 27.9. The molecule has 0 aliphatic rings. The first-order chi connectivity index (χ1) is 19.5. The van der Waals surface area contributed by atoms with Crippen LogP contribution in [0.15, 0.2) is 101 Å². The molecule has 5 aromatic rings. The number of benzene rings is 3. The fourth-order valence-corrected chi connectivity index (χ4v) is 5.22. The molecule has 0 bridgehead atoms. The average Bonchev–Trinajstić information content (AvgIpc) is 2.98. The predicted octanol–water partition coefficient (Wildman–Crippen LogP) is 5.03. The molecule has 4 N–H and O–H groups in total. The number of rotatable bonds is 13. The Bertz CT molecular complexity index is 1680. The minimum absolute atomic E-state index is 0.0331. The lowest BCUT2D eigenvalue weighted by Crippen LogP contribution is -2.42. The van der Waals surface area contributed by atoms with Crippen LogP contribution < -0.4 is 26.8 Å². The number of thioether (sulfide) groups is 1. The zero-order valence-corrected chi connectivity index (χ0v) is 22.4. The number of nitrogens with one attached hydrogen (secondary N) is 3. The molecule has 0 aliphatic heterocycles. The molecule has 8 nitrogen and oxygen atoms in total. The quantitative estimate of drug-likeness (QED) is 0.118. The Morgan fingerprint density at radius 2 is 1.57 bits per heavy atom. The summed E-state index contributed by atoms with van der Waals surface area (Å²) in [6, 6.07) is 26.2. The van der Waals surface area contributed by atoms with Crippen molar-refractivity contribution >= 4 is 51.4 Å². The van der Waals surface area contributed by atoms with Crippen LogP contribution in [-0.4, -0.2) is 34.4 Å². The first-order valence-corrected chi connectivity index (χ1v) is 14.0. The summed E-state index contributed by atoms with van der Waals surface area (Å²) < 4.78 is 0. The third-order valence-corrected chi connectivity index (χ3v) is 7.55. The highest BCUT2D eigenvalue weighted by molar-refractivity contribution is 7.98. The van der Waals surface area contributed by atoms with Gasteiger partial charge in [-0.15, -0.1) is 0 Å². The van der Waals surface area contributed by atoms with Crippen LogP contribution in [0.4, 0.5) is 22.9 Å². The highest BCUT2D eigenvalue weighted by atomic mass is 32.2. The van der Waals surface area contributed by atoms with E-state index >= 15 is 0 Å². The number of anilines is 4. The first kappa shape index (κ1) is 27.0. The summed E-state index contributed by atoms with van der Waals surface area (Å²) in [7, 11) is 0. The van der Waals surface area contributed by atoms with Gasteiger partial charge in [0.05, 0.1) is 0 Å². The van der Waals surface area contributed by atoms with Crippen molar-refractivity contribution in [3.63, 3.8) is 0 Å². The van der Waals surface area contributed by atoms with Gasteiger partial charge in [0.2, 0.25) is 0 Å². The van der Waals surface area contributed by atoms with E-state index in [-0.39, 0.29) is 17.8 Å². The van der Waals surface area contributed by atoms with Crippen molar-refractivity contribution < 1.29 is 9.90 Å². The van der Waals surface area contributed by atoms with Gasteiger partial charge in [0.25, 0.3) is 10.9 Å². The van der Waals surface area contributed by atoms with Crippen LogP contribution in [0.1, 0.15) is 11.1 Å². The van der Waals surface area contributed by atoms with E-state index in [2.05, 4.69) is 33.1 Å². The highest BCUT2D eigenvalue weighted by Gasteiger charge is 2.26. The molecule has 0 amide bonds.